The zero-order valence-electron chi connectivity index (χ0n) is 17.8. The fourth-order valence-corrected chi connectivity index (χ4v) is 3.65. The van der Waals surface area contributed by atoms with Gasteiger partial charge in [-0.05, 0) is 43.9 Å². The van der Waals surface area contributed by atoms with Gasteiger partial charge in [0.05, 0.1) is 24.0 Å². The van der Waals surface area contributed by atoms with Gasteiger partial charge in [0.25, 0.3) is 5.69 Å². The molecule has 1 heterocycles. The molecule has 8 heteroatoms. The van der Waals surface area contributed by atoms with E-state index in [0.29, 0.717) is 17.9 Å². The van der Waals surface area contributed by atoms with E-state index in [-0.39, 0.29) is 43.1 Å². The molecule has 3 rings (SSSR count). The Kier molecular flexibility index (Phi) is 7.36. The lowest BCUT2D eigenvalue weighted by Crippen LogP contribution is -2.43. The molecule has 1 atom stereocenters. The van der Waals surface area contributed by atoms with E-state index < -0.39 is 4.92 Å². The summed E-state index contributed by atoms with van der Waals surface area (Å²) in [6.45, 7) is 4.65. The maximum absolute atomic E-state index is 13.1. The molecule has 0 radical (unpaired) electrons. The van der Waals surface area contributed by atoms with Crippen LogP contribution in [0.25, 0.3) is 0 Å². The predicted molar refractivity (Wildman–Crippen MR) is 117 cm³/mol. The third kappa shape index (κ3) is 5.88. The standard InChI is InChI=1S/C23H27N3O5/c1-16-7-5-10-20(17(16)2)24-22(27)15-25(14-19-9-6-12-31-19)23(28)13-18-8-3-4-11-21(18)26(29)30/h3-5,7-8,10-11,19H,6,9,12-15H2,1-2H3,(H,24,27). The smallest absolute Gasteiger partial charge is 0.273 e. The first-order valence-corrected chi connectivity index (χ1v) is 10.3. The van der Waals surface area contributed by atoms with E-state index in [1.807, 2.05) is 32.0 Å². The second-order valence-corrected chi connectivity index (χ2v) is 7.77. The Labute approximate surface area is 181 Å². The van der Waals surface area contributed by atoms with Crippen LogP contribution >= 0.6 is 0 Å². The molecule has 8 nitrogen and oxygen atoms in total. The SMILES string of the molecule is Cc1cccc(NC(=O)CN(CC2CCCO2)C(=O)Cc2ccccc2[N+](=O)[O-])c1C. The highest BCUT2D eigenvalue weighted by Crippen LogP contribution is 2.21. The number of carbonyl (C=O) groups is 2. The van der Waals surface area contributed by atoms with E-state index in [1.165, 1.54) is 11.0 Å². The molecule has 1 fully saturated rings. The summed E-state index contributed by atoms with van der Waals surface area (Å²) in [7, 11) is 0. The summed E-state index contributed by atoms with van der Waals surface area (Å²) >= 11 is 0. The van der Waals surface area contributed by atoms with Crippen LogP contribution in [-0.4, -0.2) is 47.4 Å². The number of nitrogens with one attached hydrogen (secondary N) is 1. The number of nitrogens with zero attached hydrogens (tertiary/aromatic N) is 2. The van der Waals surface area contributed by atoms with Gasteiger partial charge in [-0.25, -0.2) is 0 Å². The molecular formula is C23H27N3O5. The molecule has 0 saturated carbocycles. The highest BCUT2D eigenvalue weighted by Gasteiger charge is 2.26. The Bertz CT molecular complexity index is 969. The first-order valence-electron chi connectivity index (χ1n) is 10.3. The van der Waals surface area contributed by atoms with Crippen molar-refractivity contribution in [3.05, 3.63) is 69.3 Å². The number of ether oxygens (including phenoxy) is 1. The maximum atomic E-state index is 13.1. The van der Waals surface area contributed by atoms with Gasteiger partial charge in [-0.2, -0.15) is 0 Å². The minimum Gasteiger partial charge on any atom is -0.376 e. The average Bonchev–Trinajstić information content (AvgIpc) is 3.24. The van der Waals surface area contributed by atoms with Crippen LogP contribution in [0.4, 0.5) is 11.4 Å². The summed E-state index contributed by atoms with van der Waals surface area (Å²) in [5, 5.41) is 14.2. The Morgan fingerprint density at radius 1 is 1.19 bits per heavy atom. The van der Waals surface area contributed by atoms with E-state index in [9.17, 15) is 19.7 Å². The van der Waals surface area contributed by atoms with Crippen molar-refractivity contribution in [3.63, 3.8) is 0 Å². The summed E-state index contributed by atoms with van der Waals surface area (Å²) in [5.41, 5.74) is 2.94. The number of nitro benzene ring substituents is 1. The molecule has 1 aliphatic rings. The van der Waals surface area contributed by atoms with Crippen molar-refractivity contribution in [2.24, 2.45) is 0 Å². The van der Waals surface area contributed by atoms with Crippen LogP contribution in [0.1, 0.15) is 29.5 Å². The number of anilines is 1. The number of rotatable bonds is 8. The van der Waals surface area contributed by atoms with Crippen LogP contribution in [0.2, 0.25) is 0 Å². The van der Waals surface area contributed by atoms with Gasteiger partial charge in [-0.1, -0.05) is 30.3 Å². The molecule has 2 amide bonds. The van der Waals surface area contributed by atoms with Crippen molar-refractivity contribution in [3.8, 4) is 0 Å². The van der Waals surface area contributed by atoms with Crippen LogP contribution in [-0.2, 0) is 20.7 Å². The number of benzene rings is 2. The number of hydrogen-bond acceptors (Lipinski definition) is 5. The van der Waals surface area contributed by atoms with Gasteiger partial charge in [0.2, 0.25) is 11.8 Å². The Hall–Kier alpha value is -3.26. The molecule has 1 aliphatic heterocycles. The number of nitro groups is 1. The van der Waals surface area contributed by atoms with Gasteiger partial charge in [0.15, 0.2) is 0 Å². The van der Waals surface area contributed by atoms with Crippen molar-refractivity contribution < 1.29 is 19.2 Å². The van der Waals surface area contributed by atoms with Gasteiger partial charge < -0.3 is 15.0 Å². The molecule has 1 N–H and O–H groups in total. The molecule has 1 unspecified atom stereocenters. The van der Waals surface area contributed by atoms with Crippen LogP contribution in [0.15, 0.2) is 42.5 Å². The molecule has 164 valence electrons. The summed E-state index contributed by atoms with van der Waals surface area (Å²) in [4.78, 5) is 38.0. The molecule has 0 aliphatic carbocycles. The molecule has 2 aromatic carbocycles. The minimum absolute atomic E-state index is 0.104. The molecule has 2 aromatic rings. The fourth-order valence-electron chi connectivity index (χ4n) is 3.65. The second-order valence-electron chi connectivity index (χ2n) is 7.77. The number of carbonyl (C=O) groups excluding carboxylic acids is 2. The van der Waals surface area contributed by atoms with E-state index in [4.69, 9.17) is 4.74 Å². The van der Waals surface area contributed by atoms with Gasteiger partial charge in [0.1, 0.15) is 0 Å². The normalized spacial score (nSPS) is 15.5. The first kappa shape index (κ1) is 22.4. The zero-order valence-corrected chi connectivity index (χ0v) is 17.8. The summed E-state index contributed by atoms with van der Waals surface area (Å²) in [6.07, 6.45) is 1.43. The summed E-state index contributed by atoms with van der Waals surface area (Å²) in [5.74, 6) is -0.663. The Morgan fingerprint density at radius 3 is 2.68 bits per heavy atom. The number of para-hydroxylation sites is 1. The Balaban J connectivity index is 1.74. The lowest BCUT2D eigenvalue weighted by Gasteiger charge is -2.25. The van der Waals surface area contributed by atoms with Crippen molar-refractivity contribution >= 4 is 23.2 Å². The van der Waals surface area contributed by atoms with Crippen molar-refractivity contribution in [2.45, 2.75) is 39.2 Å². The molecule has 0 spiro atoms. The molecular weight excluding hydrogens is 398 g/mol. The number of aryl methyl sites for hydroxylation is 1. The van der Waals surface area contributed by atoms with Crippen LogP contribution in [0, 0.1) is 24.0 Å². The second kappa shape index (κ2) is 10.2. The molecule has 0 aromatic heterocycles. The van der Waals surface area contributed by atoms with Crippen LogP contribution in [0.3, 0.4) is 0 Å². The molecule has 31 heavy (non-hydrogen) atoms. The van der Waals surface area contributed by atoms with Crippen molar-refractivity contribution in [1.82, 2.24) is 4.90 Å². The van der Waals surface area contributed by atoms with Crippen LogP contribution in [0.5, 0.6) is 0 Å². The van der Waals surface area contributed by atoms with E-state index >= 15 is 0 Å². The third-order valence-electron chi connectivity index (χ3n) is 5.54. The quantitative estimate of drug-likeness (QED) is 0.516. The monoisotopic (exact) mass is 425 g/mol. The summed E-state index contributed by atoms with van der Waals surface area (Å²) < 4.78 is 5.65. The van der Waals surface area contributed by atoms with Crippen molar-refractivity contribution in [1.29, 1.82) is 0 Å². The highest BCUT2D eigenvalue weighted by atomic mass is 16.6. The lowest BCUT2D eigenvalue weighted by molar-refractivity contribution is -0.385. The minimum atomic E-state index is -0.500. The lowest BCUT2D eigenvalue weighted by atomic mass is 10.1. The average molecular weight is 425 g/mol. The van der Waals surface area contributed by atoms with Crippen molar-refractivity contribution in [2.75, 3.05) is 25.0 Å². The predicted octanol–water partition coefficient (Wildman–Crippen LogP) is 3.40. The fraction of sp³-hybridized carbons (Fsp3) is 0.391. The zero-order chi connectivity index (χ0) is 22.4. The molecule has 0 bridgehead atoms. The van der Waals surface area contributed by atoms with Gasteiger partial charge >= 0.3 is 0 Å². The topological polar surface area (TPSA) is 102 Å². The van der Waals surface area contributed by atoms with Gasteiger partial charge in [-0.15, -0.1) is 0 Å². The first-order chi connectivity index (χ1) is 14.8. The number of hydrogen-bond donors (Lipinski definition) is 1. The van der Waals surface area contributed by atoms with E-state index in [0.717, 1.165) is 24.0 Å². The summed E-state index contributed by atoms with van der Waals surface area (Å²) in [6, 6.07) is 11.8. The largest absolute Gasteiger partial charge is 0.376 e. The van der Waals surface area contributed by atoms with Gasteiger partial charge in [0, 0.05) is 30.5 Å². The van der Waals surface area contributed by atoms with E-state index in [2.05, 4.69) is 5.32 Å². The van der Waals surface area contributed by atoms with Gasteiger partial charge in [-0.3, -0.25) is 19.7 Å². The van der Waals surface area contributed by atoms with Crippen LogP contribution < -0.4 is 5.32 Å². The highest BCUT2D eigenvalue weighted by molar-refractivity contribution is 5.95. The third-order valence-corrected chi connectivity index (χ3v) is 5.54. The maximum Gasteiger partial charge on any atom is 0.273 e. The Morgan fingerprint density at radius 2 is 1.97 bits per heavy atom. The number of amides is 2. The van der Waals surface area contributed by atoms with E-state index in [1.54, 1.807) is 18.2 Å². The molecule has 1 saturated heterocycles.